The Labute approximate surface area is 124 Å². The van der Waals surface area contributed by atoms with Crippen molar-refractivity contribution < 1.29 is 4.79 Å². The van der Waals surface area contributed by atoms with Crippen LogP contribution in [0.2, 0.25) is 0 Å². The largest absolute Gasteiger partial charge is 0.355 e. The first kappa shape index (κ1) is 17.0. The van der Waals surface area contributed by atoms with E-state index in [0.29, 0.717) is 6.54 Å². The lowest BCUT2D eigenvalue weighted by Crippen LogP contribution is -2.31. The van der Waals surface area contributed by atoms with Crippen molar-refractivity contribution in [3.63, 3.8) is 0 Å². The number of nitrogens with two attached hydrogens (primary N) is 1. The van der Waals surface area contributed by atoms with Crippen LogP contribution in [-0.4, -0.2) is 32.5 Å². The summed E-state index contributed by atoms with van der Waals surface area (Å²) in [4.78, 5) is 12.0. The molecule has 0 aliphatic rings. The zero-order valence-corrected chi connectivity index (χ0v) is 13.4. The van der Waals surface area contributed by atoms with E-state index in [1.54, 1.807) is 0 Å². The Morgan fingerprint density at radius 1 is 1.40 bits per heavy atom. The van der Waals surface area contributed by atoms with Gasteiger partial charge >= 0.3 is 0 Å². The fourth-order valence-electron chi connectivity index (χ4n) is 1.82. The van der Waals surface area contributed by atoms with Crippen molar-refractivity contribution in [2.24, 2.45) is 5.73 Å². The van der Waals surface area contributed by atoms with Crippen LogP contribution in [0.5, 0.6) is 0 Å². The standard InChI is InChI=1S/C13H25N5OS/c1-4-6-7-8-15-12(19)10(3)20-13-17-16-11(9-14)18(13)5-2/h10H,4-9,14H2,1-3H3,(H,15,19). The highest BCUT2D eigenvalue weighted by atomic mass is 32.2. The van der Waals surface area contributed by atoms with Gasteiger partial charge in [-0.3, -0.25) is 4.79 Å². The molecule has 3 N–H and O–H groups in total. The second-order valence-electron chi connectivity index (χ2n) is 4.61. The maximum Gasteiger partial charge on any atom is 0.233 e. The predicted octanol–water partition coefficient (Wildman–Crippen LogP) is 1.54. The average Bonchev–Trinajstić information content (AvgIpc) is 2.85. The monoisotopic (exact) mass is 299 g/mol. The summed E-state index contributed by atoms with van der Waals surface area (Å²) >= 11 is 1.42. The van der Waals surface area contributed by atoms with E-state index in [-0.39, 0.29) is 11.2 Å². The van der Waals surface area contributed by atoms with E-state index in [0.717, 1.165) is 43.3 Å². The molecule has 0 bridgehead atoms. The highest BCUT2D eigenvalue weighted by molar-refractivity contribution is 8.00. The molecule has 0 fully saturated rings. The van der Waals surface area contributed by atoms with Gasteiger partial charge in [0.05, 0.1) is 11.8 Å². The molecule has 1 unspecified atom stereocenters. The molecule has 0 aliphatic heterocycles. The van der Waals surface area contributed by atoms with Crippen LogP contribution in [0.4, 0.5) is 0 Å². The molecule has 1 amide bonds. The van der Waals surface area contributed by atoms with E-state index >= 15 is 0 Å². The second kappa shape index (κ2) is 8.97. The number of unbranched alkanes of at least 4 members (excludes halogenated alkanes) is 2. The van der Waals surface area contributed by atoms with Gasteiger partial charge in [0.2, 0.25) is 5.91 Å². The number of aromatic nitrogens is 3. The van der Waals surface area contributed by atoms with Crippen molar-refractivity contribution in [2.45, 2.75) is 63.5 Å². The molecule has 0 spiro atoms. The summed E-state index contributed by atoms with van der Waals surface area (Å²) in [5.74, 6) is 0.802. The van der Waals surface area contributed by atoms with Crippen molar-refractivity contribution in [1.82, 2.24) is 20.1 Å². The first-order chi connectivity index (χ1) is 9.63. The van der Waals surface area contributed by atoms with Crippen molar-refractivity contribution >= 4 is 17.7 Å². The molecule has 7 heteroatoms. The molecule has 6 nitrogen and oxygen atoms in total. The van der Waals surface area contributed by atoms with Gasteiger partial charge in [-0.25, -0.2) is 0 Å². The van der Waals surface area contributed by atoms with E-state index in [4.69, 9.17) is 5.73 Å². The topological polar surface area (TPSA) is 85.8 Å². The van der Waals surface area contributed by atoms with Gasteiger partial charge in [0.15, 0.2) is 5.16 Å². The van der Waals surface area contributed by atoms with Gasteiger partial charge in [-0.15, -0.1) is 10.2 Å². The minimum absolute atomic E-state index is 0.0473. The molecule has 0 aromatic carbocycles. The molecule has 114 valence electrons. The summed E-state index contributed by atoms with van der Waals surface area (Å²) in [7, 11) is 0. The Hall–Kier alpha value is -1.08. The number of carbonyl (C=O) groups excluding carboxylic acids is 1. The summed E-state index contributed by atoms with van der Waals surface area (Å²) in [5, 5.41) is 11.7. The zero-order valence-electron chi connectivity index (χ0n) is 12.6. The number of hydrogen-bond acceptors (Lipinski definition) is 5. The fraction of sp³-hybridized carbons (Fsp3) is 0.769. The number of amides is 1. The molecule has 1 heterocycles. The quantitative estimate of drug-likeness (QED) is 0.533. The van der Waals surface area contributed by atoms with Crippen molar-refractivity contribution in [3.05, 3.63) is 5.82 Å². The Morgan fingerprint density at radius 2 is 2.15 bits per heavy atom. The lowest BCUT2D eigenvalue weighted by molar-refractivity contribution is -0.120. The van der Waals surface area contributed by atoms with Gasteiger partial charge in [0, 0.05) is 13.1 Å². The maximum atomic E-state index is 12.0. The number of hydrogen-bond donors (Lipinski definition) is 2. The minimum atomic E-state index is -0.184. The summed E-state index contributed by atoms with van der Waals surface area (Å²) in [5.41, 5.74) is 5.61. The number of nitrogens with zero attached hydrogens (tertiary/aromatic N) is 3. The number of thioether (sulfide) groups is 1. The number of nitrogens with one attached hydrogen (secondary N) is 1. The normalized spacial score (nSPS) is 12.4. The molecule has 1 aromatic rings. The van der Waals surface area contributed by atoms with Crippen LogP contribution < -0.4 is 11.1 Å². The summed E-state index contributed by atoms with van der Waals surface area (Å²) < 4.78 is 1.95. The van der Waals surface area contributed by atoms with Gasteiger partial charge in [-0.2, -0.15) is 0 Å². The van der Waals surface area contributed by atoms with E-state index in [1.807, 2.05) is 18.4 Å². The first-order valence-electron chi connectivity index (χ1n) is 7.20. The van der Waals surface area contributed by atoms with Crippen molar-refractivity contribution in [1.29, 1.82) is 0 Å². The SMILES string of the molecule is CCCCCNC(=O)C(C)Sc1nnc(CN)n1CC. The molecule has 0 aliphatic carbocycles. The van der Waals surface area contributed by atoms with Gasteiger partial charge in [-0.1, -0.05) is 31.5 Å². The highest BCUT2D eigenvalue weighted by Crippen LogP contribution is 2.22. The molecular weight excluding hydrogens is 274 g/mol. The van der Waals surface area contributed by atoms with E-state index in [9.17, 15) is 4.79 Å². The molecule has 0 saturated heterocycles. The Balaban J connectivity index is 2.50. The first-order valence-corrected chi connectivity index (χ1v) is 8.08. The molecule has 1 atom stereocenters. The lowest BCUT2D eigenvalue weighted by atomic mass is 10.2. The summed E-state index contributed by atoms with van der Waals surface area (Å²) in [6.45, 7) is 7.91. The second-order valence-corrected chi connectivity index (χ2v) is 5.91. The minimum Gasteiger partial charge on any atom is -0.355 e. The van der Waals surface area contributed by atoms with Crippen LogP contribution in [0, 0.1) is 0 Å². The molecule has 1 rings (SSSR count). The summed E-state index contributed by atoms with van der Waals surface area (Å²) in [6.07, 6.45) is 3.33. The molecule has 20 heavy (non-hydrogen) atoms. The van der Waals surface area contributed by atoms with Gasteiger partial charge in [0.1, 0.15) is 5.82 Å². The highest BCUT2D eigenvalue weighted by Gasteiger charge is 2.18. The van der Waals surface area contributed by atoms with Crippen LogP contribution in [0.25, 0.3) is 0 Å². The molecule has 1 aromatic heterocycles. The lowest BCUT2D eigenvalue weighted by Gasteiger charge is -2.12. The van der Waals surface area contributed by atoms with E-state index < -0.39 is 0 Å². The van der Waals surface area contributed by atoms with Crippen LogP contribution in [0.1, 0.15) is 45.9 Å². The Kier molecular flexibility index (Phi) is 7.61. The van der Waals surface area contributed by atoms with Gasteiger partial charge in [0.25, 0.3) is 0 Å². The Morgan fingerprint density at radius 3 is 2.75 bits per heavy atom. The Bertz CT molecular complexity index is 421. The van der Waals surface area contributed by atoms with Crippen molar-refractivity contribution in [2.75, 3.05) is 6.54 Å². The smallest absolute Gasteiger partial charge is 0.233 e. The number of carbonyl (C=O) groups is 1. The average molecular weight is 299 g/mol. The third-order valence-electron chi connectivity index (χ3n) is 3.02. The fourth-order valence-corrected chi connectivity index (χ4v) is 2.77. The van der Waals surface area contributed by atoms with Gasteiger partial charge < -0.3 is 15.6 Å². The zero-order chi connectivity index (χ0) is 15.0. The van der Waals surface area contributed by atoms with Gasteiger partial charge in [-0.05, 0) is 20.3 Å². The van der Waals surface area contributed by atoms with E-state index in [1.165, 1.54) is 11.8 Å². The molecule has 0 radical (unpaired) electrons. The maximum absolute atomic E-state index is 12.0. The van der Waals surface area contributed by atoms with Crippen LogP contribution >= 0.6 is 11.8 Å². The third kappa shape index (κ3) is 4.79. The van der Waals surface area contributed by atoms with Crippen LogP contribution in [-0.2, 0) is 17.9 Å². The molecular formula is C13H25N5OS. The summed E-state index contributed by atoms with van der Waals surface area (Å²) in [6, 6.07) is 0. The number of rotatable bonds is 9. The van der Waals surface area contributed by atoms with E-state index in [2.05, 4.69) is 22.4 Å². The van der Waals surface area contributed by atoms with Crippen LogP contribution in [0.15, 0.2) is 5.16 Å². The predicted molar refractivity (Wildman–Crippen MR) is 81.4 cm³/mol. The third-order valence-corrected chi connectivity index (χ3v) is 4.10. The van der Waals surface area contributed by atoms with Crippen molar-refractivity contribution in [3.8, 4) is 0 Å². The van der Waals surface area contributed by atoms with Crippen LogP contribution in [0.3, 0.4) is 0 Å². The molecule has 0 saturated carbocycles.